The van der Waals surface area contributed by atoms with Crippen LogP contribution in [-0.2, 0) is 20.6 Å². The van der Waals surface area contributed by atoms with Gasteiger partial charge in [-0.25, -0.2) is 12.8 Å². The second-order valence-electron chi connectivity index (χ2n) is 6.24. The molecule has 0 bridgehead atoms. The van der Waals surface area contributed by atoms with Crippen molar-refractivity contribution in [3.63, 3.8) is 0 Å². The molecule has 1 aromatic carbocycles. The quantitative estimate of drug-likeness (QED) is 0.836. The zero-order valence-electron chi connectivity index (χ0n) is 12.9. The van der Waals surface area contributed by atoms with Gasteiger partial charge in [0.25, 0.3) is 0 Å². The fourth-order valence-corrected chi connectivity index (χ4v) is 4.53. The van der Waals surface area contributed by atoms with E-state index in [-0.39, 0.29) is 17.6 Å². The molecule has 23 heavy (non-hydrogen) atoms. The number of carbonyl (C=O) groups excluding carboxylic acids is 1. The van der Waals surface area contributed by atoms with Gasteiger partial charge in [0.2, 0.25) is 15.9 Å². The molecule has 0 atom stereocenters. The van der Waals surface area contributed by atoms with Crippen molar-refractivity contribution in [2.75, 3.05) is 26.2 Å². The summed E-state index contributed by atoms with van der Waals surface area (Å²) in [5.41, 5.74) is 0.443. The molecule has 0 spiro atoms. The summed E-state index contributed by atoms with van der Waals surface area (Å²) in [6, 6.07) is 5.65. The molecule has 2 aliphatic rings. The molecule has 1 aromatic rings. The second kappa shape index (κ2) is 6.57. The van der Waals surface area contributed by atoms with Gasteiger partial charge in [-0.1, -0.05) is 18.6 Å². The SMILES string of the molecule is O=C(C1CCC1)N1CCN(S(=O)(=O)Cc2cccc(F)c2)CC1. The molecular weight excluding hydrogens is 319 g/mol. The fourth-order valence-electron chi connectivity index (χ4n) is 3.03. The van der Waals surface area contributed by atoms with Crippen LogP contribution in [0.2, 0.25) is 0 Å². The van der Waals surface area contributed by atoms with Crippen LogP contribution in [0.15, 0.2) is 24.3 Å². The molecule has 1 aliphatic heterocycles. The second-order valence-corrected chi connectivity index (χ2v) is 8.21. The topological polar surface area (TPSA) is 57.7 Å². The Morgan fingerprint density at radius 3 is 2.43 bits per heavy atom. The third kappa shape index (κ3) is 3.72. The Balaban J connectivity index is 1.58. The van der Waals surface area contributed by atoms with Crippen molar-refractivity contribution in [3.05, 3.63) is 35.6 Å². The molecule has 3 rings (SSSR count). The van der Waals surface area contributed by atoms with Crippen LogP contribution < -0.4 is 0 Å². The molecule has 7 heteroatoms. The molecular formula is C16H21FN2O3S. The van der Waals surface area contributed by atoms with E-state index in [9.17, 15) is 17.6 Å². The highest BCUT2D eigenvalue weighted by Gasteiger charge is 2.33. The van der Waals surface area contributed by atoms with Crippen molar-refractivity contribution in [1.29, 1.82) is 0 Å². The number of benzene rings is 1. The van der Waals surface area contributed by atoms with Crippen LogP contribution in [0.25, 0.3) is 0 Å². The number of rotatable bonds is 4. The third-order valence-corrected chi connectivity index (χ3v) is 6.49. The maximum Gasteiger partial charge on any atom is 0.225 e. The van der Waals surface area contributed by atoms with Crippen LogP contribution >= 0.6 is 0 Å². The van der Waals surface area contributed by atoms with Crippen LogP contribution in [-0.4, -0.2) is 49.7 Å². The number of hydrogen-bond donors (Lipinski definition) is 0. The van der Waals surface area contributed by atoms with E-state index in [4.69, 9.17) is 0 Å². The minimum Gasteiger partial charge on any atom is -0.340 e. The van der Waals surface area contributed by atoms with E-state index in [1.54, 1.807) is 11.0 Å². The zero-order valence-corrected chi connectivity index (χ0v) is 13.8. The van der Waals surface area contributed by atoms with Gasteiger partial charge in [-0.15, -0.1) is 0 Å². The first-order valence-electron chi connectivity index (χ1n) is 7.97. The Hall–Kier alpha value is -1.47. The van der Waals surface area contributed by atoms with Crippen LogP contribution in [0.4, 0.5) is 4.39 Å². The molecule has 1 heterocycles. The summed E-state index contributed by atoms with van der Waals surface area (Å²) in [4.78, 5) is 14.0. The Bertz CT molecular complexity index is 680. The maximum absolute atomic E-state index is 13.2. The number of carbonyl (C=O) groups is 1. The number of halogens is 1. The van der Waals surface area contributed by atoms with Gasteiger partial charge in [0.1, 0.15) is 5.82 Å². The van der Waals surface area contributed by atoms with Crippen LogP contribution in [0.1, 0.15) is 24.8 Å². The van der Waals surface area contributed by atoms with Crippen molar-refractivity contribution in [2.45, 2.75) is 25.0 Å². The fraction of sp³-hybridized carbons (Fsp3) is 0.562. The van der Waals surface area contributed by atoms with Crippen LogP contribution in [0.3, 0.4) is 0 Å². The van der Waals surface area contributed by atoms with E-state index in [2.05, 4.69) is 0 Å². The molecule has 0 aromatic heterocycles. The number of sulfonamides is 1. The average molecular weight is 340 g/mol. The normalized spacial score (nSPS) is 20.3. The van der Waals surface area contributed by atoms with Gasteiger partial charge in [0.15, 0.2) is 0 Å². The van der Waals surface area contributed by atoms with Crippen LogP contribution in [0, 0.1) is 11.7 Å². The predicted molar refractivity (Wildman–Crippen MR) is 84.5 cm³/mol. The minimum atomic E-state index is -3.49. The summed E-state index contributed by atoms with van der Waals surface area (Å²) < 4.78 is 39.5. The van der Waals surface area contributed by atoms with E-state index in [0.717, 1.165) is 19.3 Å². The Kier molecular flexibility index (Phi) is 4.68. The number of hydrogen-bond acceptors (Lipinski definition) is 3. The minimum absolute atomic E-state index is 0.144. The van der Waals surface area contributed by atoms with Crippen molar-refractivity contribution in [1.82, 2.24) is 9.21 Å². The highest BCUT2D eigenvalue weighted by atomic mass is 32.2. The first-order chi connectivity index (χ1) is 11.0. The lowest BCUT2D eigenvalue weighted by atomic mass is 9.84. The van der Waals surface area contributed by atoms with E-state index in [1.807, 2.05) is 0 Å². The summed E-state index contributed by atoms with van der Waals surface area (Å²) in [6.45, 7) is 1.52. The zero-order chi connectivity index (χ0) is 16.4. The van der Waals surface area contributed by atoms with Crippen molar-refractivity contribution < 1.29 is 17.6 Å². The summed E-state index contributed by atoms with van der Waals surface area (Å²) in [6.07, 6.45) is 3.02. The molecule has 0 N–H and O–H groups in total. The number of nitrogens with zero attached hydrogens (tertiary/aromatic N) is 2. The van der Waals surface area contributed by atoms with Crippen molar-refractivity contribution >= 4 is 15.9 Å². The molecule has 1 aliphatic carbocycles. The van der Waals surface area contributed by atoms with E-state index < -0.39 is 15.8 Å². The molecule has 1 saturated heterocycles. The molecule has 5 nitrogen and oxygen atoms in total. The lowest BCUT2D eigenvalue weighted by Gasteiger charge is -2.37. The number of amides is 1. The molecule has 2 fully saturated rings. The van der Waals surface area contributed by atoms with Gasteiger partial charge in [0, 0.05) is 32.1 Å². The third-order valence-electron chi connectivity index (χ3n) is 4.64. The molecule has 126 valence electrons. The monoisotopic (exact) mass is 340 g/mol. The smallest absolute Gasteiger partial charge is 0.225 e. The summed E-state index contributed by atoms with van der Waals surface area (Å²) in [5.74, 6) is -0.334. The van der Waals surface area contributed by atoms with Crippen molar-refractivity contribution in [3.8, 4) is 0 Å². The van der Waals surface area contributed by atoms with Gasteiger partial charge >= 0.3 is 0 Å². The molecule has 1 saturated carbocycles. The maximum atomic E-state index is 13.2. The standard InChI is InChI=1S/C16H21FN2O3S/c17-15-6-1-3-13(11-15)12-23(21,22)19-9-7-18(8-10-19)16(20)14-4-2-5-14/h1,3,6,11,14H,2,4-5,7-10,12H2. The Labute approximate surface area is 136 Å². The lowest BCUT2D eigenvalue weighted by molar-refractivity contribution is -0.139. The van der Waals surface area contributed by atoms with Gasteiger partial charge in [-0.05, 0) is 30.5 Å². The van der Waals surface area contributed by atoms with E-state index in [1.165, 1.54) is 22.5 Å². The van der Waals surface area contributed by atoms with Crippen LogP contribution in [0.5, 0.6) is 0 Å². The van der Waals surface area contributed by atoms with Gasteiger partial charge in [-0.2, -0.15) is 4.31 Å². The average Bonchev–Trinajstić information content (AvgIpc) is 2.45. The first-order valence-corrected chi connectivity index (χ1v) is 9.58. The van der Waals surface area contributed by atoms with Gasteiger partial charge in [0.05, 0.1) is 5.75 Å². The van der Waals surface area contributed by atoms with E-state index in [0.29, 0.717) is 31.7 Å². The largest absolute Gasteiger partial charge is 0.340 e. The Morgan fingerprint density at radius 1 is 1.17 bits per heavy atom. The van der Waals surface area contributed by atoms with E-state index >= 15 is 0 Å². The molecule has 0 radical (unpaired) electrons. The first kappa shape index (κ1) is 16.4. The summed E-state index contributed by atoms with van der Waals surface area (Å²) >= 11 is 0. The Morgan fingerprint density at radius 2 is 1.87 bits per heavy atom. The van der Waals surface area contributed by atoms with Gasteiger partial charge in [-0.3, -0.25) is 4.79 Å². The predicted octanol–water partition coefficient (Wildman–Crippen LogP) is 1.60. The molecule has 0 unspecified atom stereocenters. The molecule has 1 amide bonds. The highest BCUT2D eigenvalue weighted by Crippen LogP contribution is 2.28. The highest BCUT2D eigenvalue weighted by molar-refractivity contribution is 7.88. The lowest BCUT2D eigenvalue weighted by Crippen LogP contribution is -2.52. The number of piperazine rings is 1. The summed E-state index contributed by atoms with van der Waals surface area (Å²) in [7, 11) is -3.49. The summed E-state index contributed by atoms with van der Waals surface area (Å²) in [5, 5.41) is 0. The van der Waals surface area contributed by atoms with Crippen molar-refractivity contribution in [2.24, 2.45) is 5.92 Å². The van der Waals surface area contributed by atoms with Gasteiger partial charge < -0.3 is 4.90 Å².